The molecule has 0 saturated carbocycles. The van der Waals surface area contributed by atoms with E-state index < -0.39 is 9.84 Å². The van der Waals surface area contributed by atoms with Crippen LogP contribution in [0.2, 0.25) is 5.02 Å². The number of rotatable bonds is 2. The van der Waals surface area contributed by atoms with Crippen molar-refractivity contribution in [2.45, 2.75) is 17.9 Å². The Labute approximate surface area is 113 Å². The van der Waals surface area contributed by atoms with Crippen LogP contribution < -0.4 is 10.2 Å². The van der Waals surface area contributed by atoms with Gasteiger partial charge in [-0.1, -0.05) is 11.6 Å². The Bertz CT molecular complexity index is 545. The molecule has 1 aliphatic heterocycles. The lowest BCUT2D eigenvalue weighted by Gasteiger charge is -2.34. The van der Waals surface area contributed by atoms with Crippen LogP contribution in [0.15, 0.2) is 23.1 Å². The zero-order chi connectivity index (χ0) is 13.3. The minimum absolute atomic E-state index is 0.263. The second-order valence-corrected chi connectivity index (χ2v) is 7.11. The van der Waals surface area contributed by atoms with Gasteiger partial charge < -0.3 is 10.2 Å². The summed E-state index contributed by atoms with van der Waals surface area (Å²) < 4.78 is 22.9. The van der Waals surface area contributed by atoms with E-state index in [0.29, 0.717) is 11.1 Å². The van der Waals surface area contributed by atoms with E-state index in [1.165, 1.54) is 12.3 Å². The molecule has 0 amide bonds. The number of nitrogens with one attached hydrogen (secondary N) is 1. The first-order chi connectivity index (χ1) is 8.38. The molecule has 0 aromatic heterocycles. The summed E-state index contributed by atoms with van der Waals surface area (Å²) in [6.07, 6.45) is 1.19. The second kappa shape index (κ2) is 5.07. The largest absolute Gasteiger partial charge is 0.368 e. The highest BCUT2D eigenvalue weighted by Crippen LogP contribution is 2.29. The van der Waals surface area contributed by atoms with Crippen molar-refractivity contribution >= 4 is 27.1 Å². The van der Waals surface area contributed by atoms with Crippen LogP contribution in [-0.2, 0) is 9.84 Å². The van der Waals surface area contributed by atoms with Crippen molar-refractivity contribution in [3.05, 3.63) is 23.2 Å². The lowest BCUT2D eigenvalue weighted by Crippen LogP contribution is -2.49. The maximum atomic E-state index is 11.4. The summed E-state index contributed by atoms with van der Waals surface area (Å²) in [7, 11) is -3.20. The third-order valence-electron chi connectivity index (χ3n) is 3.06. The van der Waals surface area contributed by atoms with E-state index >= 15 is 0 Å². The van der Waals surface area contributed by atoms with E-state index in [9.17, 15) is 8.42 Å². The van der Waals surface area contributed by atoms with Crippen LogP contribution in [0.25, 0.3) is 0 Å². The van der Waals surface area contributed by atoms with Crippen molar-refractivity contribution in [2.75, 3.05) is 30.8 Å². The van der Waals surface area contributed by atoms with Gasteiger partial charge in [-0.15, -0.1) is 0 Å². The molecule has 4 nitrogen and oxygen atoms in total. The lowest BCUT2D eigenvalue weighted by atomic mass is 10.2. The van der Waals surface area contributed by atoms with Crippen molar-refractivity contribution in [1.29, 1.82) is 0 Å². The average molecular weight is 289 g/mol. The summed E-state index contributed by atoms with van der Waals surface area (Å²) in [6, 6.07) is 5.34. The Morgan fingerprint density at radius 3 is 2.72 bits per heavy atom. The van der Waals surface area contributed by atoms with E-state index in [1.54, 1.807) is 12.1 Å². The number of nitrogens with zero attached hydrogens (tertiary/aromatic N) is 1. The number of benzene rings is 1. The maximum absolute atomic E-state index is 11.4. The molecule has 0 spiro atoms. The van der Waals surface area contributed by atoms with E-state index in [1.807, 2.05) is 0 Å². The molecular weight excluding hydrogens is 272 g/mol. The van der Waals surface area contributed by atoms with E-state index in [2.05, 4.69) is 17.1 Å². The van der Waals surface area contributed by atoms with Gasteiger partial charge in [-0.3, -0.25) is 0 Å². The van der Waals surface area contributed by atoms with Crippen LogP contribution in [-0.4, -0.2) is 40.3 Å². The fraction of sp³-hybridized carbons (Fsp3) is 0.500. The van der Waals surface area contributed by atoms with Crippen LogP contribution in [0, 0.1) is 0 Å². The minimum atomic E-state index is -3.20. The van der Waals surface area contributed by atoms with Gasteiger partial charge in [0, 0.05) is 31.9 Å². The van der Waals surface area contributed by atoms with Gasteiger partial charge in [0.25, 0.3) is 0 Å². The summed E-state index contributed by atoms with van der Waals surface area (Å²) in [5.74, 6) is 0. The Morgan fingerprint density at radius 1 is 1.44 bits per heavy atom. The van der Waals surface area contributed by atoms with Crippen LogP contribution in [0.5, 0.6) is 0 Å². The van der Waals surface area contributed by atoms with Gasteiger partial charge in [0.05, 0.1) is 15.6 Å². The third-order valence-corrected chi connectivity index (χ3v) is 4.47. The molecule has 0 unspecified atom stereocenters. The molecule has 1 atom stereocenters. The first-order valence-electron chi connectivity index (χ1n) is 5.86. The van der Waals surface area contributed by atoms with E-state index in [0.717, 1.165) is 25.3 Å². The van der Waals surface area contributed by atoms with E-state index in [4.69, 9.17) is 11.6 Å². The highest BCUT2D eigenvalue weighted by Gasteiger charge is 2.19. The van der Waals surface area contributed by atoms with Crippen molar-refractivity contribution < 1.29 is 8.42 Å². The average Bonchev–Trinajstić information content (AvgIpc) is 2.27. The molecule has 1 heterocycles. The number of hydrogen-bond acceptors (Lipinski definition) is 4. The Balaban J connectivity index is 2.30. The quantitative estimate of drug-likeness (QED) is 0.897. The van der Waals surface area contributed by atoms with Crippen molar-refractivity contribution in [3.63, 3.8) is 0 Å². The molecule has 2 rings (SSSR count). The molecule has 100 valence electrons. The zero-order valence-corrected chi connectivity index (χ0v) is 12.1. The number of anilines is 1. The van der Waals surface area contributed by atoms with E-state index in [-0.39, 0.29) is 4.90 Å². The number of hydrogen-bond donors (Lipinski definition) is 1. The summed E-state index contributed by atoms with van der Waals surface area (Å²) in [6.45, 7) is 4.77. The molecule has 1 N–H and O–H groups in total. The molecular formula is C12H17ClN2O2S. The Morgan fingerprint density at radius 2 is 2.17 bits per heavy atom. The SMILES string of the molecule is C[C@H]1CN(c2ccc(S(C)(=O)=O)cc2Cl)CCN1. The first kappa shape index (κ1) is 13.6. The first-order valence-corrected chi connectivity index (χ1v) is 8.13. The molecule has 1 fully saturated rings. The van der Waals surface area contributed by atoms with Gasteiger partial charge >= 0.3 is 0 Å². The molecule has 0 aliphatic carbocycles. The highest BCUT2D eigenvalue weighted by atomic mass is 35.5. The zero-order valence-electron chi connectivity index (χ0n) is 10.5. The van der Waals surface area contributed by atoms with Crippen LogP contribution in [0.3, 0.4) is 0 Å². The summed E-state index contributed by atoms with van der Waals surface area (Å²) >= 11 is 6.19. The van der Waals surface area contributed by atoms with Gasteiger partial charge in [0.15, 0.2) is 9.84 Å². The monoisotopic (exact) mass is 288 g/mol. The normalized spacial score (nSPS) is 21.1. The molecule has 6 heteroatoms. The lowest BCUT2D eigenvalue weighted by molar-refractivity contribution is 0.485. The summed E-state index contributed by atoms with van der Waals surface area (Å²) in [4.78, 5) is 2.44. The number of halogens is 1. The number of piperazine rings is 1. The minimum Gasteiger partial charge on any atom is -0.368 e. The molecule has 0 radical (unpaired) electrons. The van der Waals surface area contributed by atoms with Gasteiger partial charge in [-0.2, -0.15) is 0 Å². The van der Waals surface area contributed by atoms with Crippen LogP contribution in [0.1, 0.15) is 6.92 Å². The smallest absolute Gasteiger partial charge is 0.175 e. The van der Waals surface area contributed by atoms with Crippen molar-refractivity contribution in [1.82, 2.24) is 5.32 Å². The third kappa shape index (κ3) is 2.96. The summed E-state index contributed by atoms with van der Waals surface area (Å²) in [5.41, 5.74) is 0.900. The second-order valence-electron chi connectivity index (χ2n) is 4.69. The molecule has 1 aromatic rings. The molecule has 1 saturated heterocycles. The topological polar surface area (TPSA) is 49.4 Å². The predicted molar refractivity (Wildman–Crippen MR) is 74.2 cm³/mol. The van der Waals surface area contributed by atoms with Gasteiger partial charge in [0.2, 0.25) is 0 Å². The molecule has 0 bridgehead atoms. The van der Waals surface area contributed by atoms with Crippen LogP contribution >= 0.6 is 11.6 Å². The molecule has 1 aromatic carbocycles. The molecule has 1 aliphatic rings. The maximum Gasteiger partial charge on any atom is 0.175 e. The van der Waals surface area contributed by atoms with Crippen molar-refractivity contribution in [2.24, 2.45) is 0 Å². The number of sulfone groups is 1. The van der Waals surface area contributed by atoms with Gasteiger partial charge in [0.1, 0.15) is 0 Å². The van der Waals surface area contributed by atoms with Gasteiger partial charge in [-0.05, 0) is 25.1 Å². The Hall–Kier alpha value is -0.780. The predicted octanol–water partition coefficient (Wildman–Crippen LogP) is 1.54. The summed E-state index contributed by atoms with van der Waals surface area (Å²) in [5, 5.41) is 3.85. The fourth-order valence-corrected chi connectivity index (χ4v) is 3.14. The van der Waals surface area contributed by atoms with Crippen molar-refractivity contribution in [3.8, 4) is 0 Å². The fourth-order valence-electron chi connectivity index (χ4n) is 2.13. The van der Waals surface area contributed by atoms with Crippen LogP contribution in [0.4, 0.5) is 5.69 Å². The molecule has 18 heavy (non-hydrogen) atoms. The Kier molecular flexibility index (Phi) is 3.84. The van der Waals surface area contributed by atoms with Gasteiger partial charge in [-0.25, -0.2) is 8.42 Å². The standard InChI is InChI=1S/C12H17ClN2O2S/c1-9-8-15(6-5-14-9)12-4-3-10(7-11(12)13)18(2,16)17/h3-4,7,9,14H,5-6,8H2,1-2H3/t9-/m0/s1. The highest BCUT2D eigenvalue weighted by molar-refractivity contribution is 7.90.